The van der Waals surface area contributed by atoms with E-state index in [9.17, 15) is 0 Å². The molecule has 3 heterocycles. The van der Waals surface area contributed by atoms with Crippen LogP contribution in [0, 0.1) is 5.92 Å². The summed E-state index contributed by atoms with van der Waals surface area (Å²) in [6, 6.07) is 4.30. The summed E-state index contributed by atoms with van der Waals surface area (Å²) in [5.41, 5.74) is 3.71. The monoisotopic (exact) mass is 298 g/mol. The van der Waals surface area contributed by atoms with Crippen molar-refractivity contribution in [2.45, 2.75) is 25.8 Å². The molecule has 0 aromatic carbocycles. The molecular formula is C16H22N6. The van der Waals surface area contributed by atoms with Gasteiger partial charge < -0.3 is 10.2 Å². The van der Waals surface area contributed by atoms with Gasteiger partial charge in [0.15, 0.2) is 5.82 Å². The third kappa shape index (κ3) is 2.70. The molecule has 22 heavy (non-hydrogen) atoms. The van der Waals surface area contributed by atoms with Crippen molar-refractivity contribution < 1.29 is 0 Å². The average molecular weight is 298 g/mol. The Kier molecular flexibility index (Phi) is 3.54. The summed E-state index contributed by atoms with van der Waals surface area (Å²) in [7, 11) is 1.95. The average Bonchev–Trinajstić information content (AvgIpc) is 3.09. The normalized spacial score (nSPS) is 17.6. The molecule has 1 aliphatic carbocycles. The van der Waals surface area contributed by atoms with Crippen molar-refractivity contribution >= 4 is 5.82 Å². The van der Waals surface area contributed by atoms with Gasteiger partial charge in [-0.1, -0.05) is 0 Å². The second-order valence-electron chi connectivity index (χ2n) is 6.41. The smallest absolute Gasteiger partial charge is 0.151 e. The standard InChI is InChI=1S/C16H22N6/c1-21-6-5-14(20-21)9-17-8-12-10-22(11-12)16-7-13-3-2-4-15(13)18-19-16/h5-7,12,17H,2-4,8-11H2,1H3. The van der Waals surface area contributed by atoms with Crippen LogP contribution >= 0.6 is 0 Å². The van der Waals surface area contributed by atoms with Crippen molar-refractivity contribution in [3.05, 3.63) is 35.3 Å². The third-order valence-electron chi connectivity index (χ3n) is 4.60. The van der Waals surface area contributed by atoms with Crippen LogP contribution in [-0.4, -0.2) is 39.6 Å². The van der Waals surface area contributed by atoms with Gasteiger partial charge in [-0.2, -0.15) is 10.2 Å². The molecule has 2 aromatic rings. The van der Waals surface area contributed by atoms with Gasteiger partial charge >= 0.3 is 0 Å². The molecule has 6 heteroatoms. The van der Waals surface area contributed by atoms with Gasteiger partial charge in [-0.15, -0.1) is 5.10 Å². The van der Waals surface area contributed by atoms with Crippen LogP contribution in [0.15, 0.2) is 18.3 Å². The molecule has 0 spiro atoms. The first-order valence-corrected chi connectivity index (χ1v) is 8.07. The maximum atomic E-state index is 4.38. The number of aryl methyl sites for hydroxylation is 3. The van der Waals surface area contributed by atoms with Crippen LogP contribution in [0.5, 0.6) is 0 Å². The minimum Gasteiger partial charge on any atom is -0.354 e. The molecule has 4 rings (SSSR count). The molecule has 0 saturated carbocycles. The zero-order valence-electron chi connectivity index (χ0n) is 13.0. The van der Waals surface area contributed by atoms with E-state index in [-0.39, 0.29) is 0 Å². The fourth-order valence-electron chi connectivity index (χ4n) is 3.32. The molecular weight excluding hydrogens is 276 g/mol. The highest BCUT2D eigenvalue weighted by Gasteiger charge is 2.28. The summed E-state index contributed by atoms with van der Waals surface area (Å²) < 4.78 is 1.84. The van der Waals surface area contributed by atoms with Crippen molar-refractivity contribution in [2.75, 3.05) is 24.5 Å². The Morgan fingerprint density at radius 3 is 3.00 bits per heavy atom. The molecule has 0 radical (unpaired) electrons. The molecule has 116 valence electrons. The maximum Gasteiger partial charge on any atom is 0.151 e. The van der Waals surface area contributed by atoms with Gasteiger partial charge in [0.2, 0.25) is 0 Å². The highest BCUT2D eigenvalue weighted by Crippen LogP contribution is 2.26. The van der Waals surface area contributed by atoms with Crippen LogP contribution in [0.4, 0.5) is 5.82 Å². The lowest BCUT2D eigenvalue weighted by atomic mass is 10.00. The Morgan fingerprint density at radius 1 is 1.27 bits per heavy atom. The second-order valence-corrected chi connectivity index (χ2v) is 6.41. The van der Waals surface area contributed by atoms with Crippen molar-refractivity contribution in [3.8, 4) is 0 Å². The van der Waals surface area contributed by atoms with Gasteiger partial charge in [-0.25, -0.2) is 0 Å². The summed E-state index contributed by atoms with van der Waals surface area (Å²) in [5.74, 6) is 1.75. The van der Waals surface area contributed by atoms with E-state index in [4.69, 9.17) is 0 Å². The van der Waals surface area contributed by atoms with Crippen LogP contribution in [-0.2, 0) is 26.4 Å². The molecule has 1 fully saturated rings. The molecule has 1 aliphatic heterocycles. The summed E-state index contributed by atoms with van der Waals surface area (Å²) in [5, 5.41) is 16.6. The molecule has 0 amide bonds. The first-order chi connectivity index (χ1) is 10.8. The predicted molar refractivity (Wildman–Crippen MR) is 84.7 cm³/mol. The summed E-state index contributed by atoms with van der Waals surface area (Å²) in [6.07, 6.45) is 5.48. The van der Waals surface area contributed by atoms with E-state index < -0.39 is 0 Å². The van der Waals surface area contributed by atoms with E-state index in [2.05, 4.69) is 37.6 Å². The highest BCUT2D eigenvalue weighted by molar-refractivity contribution is 5.45. The Labute approximate surface area is 130 Å². The van der Waals surface area contributed by atoms with Gasteiger partial charge in [0.25, 0.3) is 0 Å². The molecule has 1 N–H and O–H groups in total. The molecule has 2 aromatic heterocycles. The van der Waals surface area contributed by atoms with Gasteiger partial charge in [0.05, 0.1) is 11.4 Å². The Hall–Kier alpha value is -1.95. The van der Waals surface area contributed by atoms with E-state index in [0.29, 0.717) is 5.92 Å². The van der Waals surface area contributed by atoms with Crippen molar-refractivity contribution in [3.63, 3.8) is 0 Å². The lowest BCUT2D eigenvalue weighted by Crippen LogP contribution is -2.51. The topological polar surface area (TPSA) is 58.9 Å². The van der Waals surface area contributed by atoms with Gasteiger partial charge in [-0.05, 0) is 37.0 Å². The number of fused-ring (bicyclic) bond motifs is 1. The second kappa shape index (κ2) is 5.68. The number of nitrogens with zero attached hydrogens (tertiary/aromatic N) is 5. The van der Waals surface area contributed by atoms with E-state index in [1.165, 1.54) is 24.1 Å². The number of rotatable bonds is 5. The molecule has 2 aliphatic rings. The van der Waals surface area contributed by atoms with E-state index in [1.54, 1.807) is 0 Å². The lowest BCUT2D eigenvalue weighted by molar-refractivity contribution is 0.380. The third-order valence-corrected chi connectivity index (χ3v) is 4.60. The molecule has 0 unspecified atom stereocenters. The minimum atomic E-state index is 0.693. The Morgan fingerprint density at radius 2 is 2.18 bits per heavy atom. The van der Waals surface area contributed by atoms with Gasteiger partial charge in [0, 0.05) is 45.3 Å². The zero-order valence-corrected chi connectivity index (χ0v) is 13.0. The molecule has 0 atom stereocenters. The van der Waals surface area contributed by atoms with Gasteiger partial charge in [0.1, 0.15) is 0 Å². The van der Waals surface area contributed by atoms with Crippen LogP contribution < -0.4 is 10.2 Å². The number of aromatic nitrogens is 4. The number of hydrogen-bond acceptors (Lipinski definition) is 5. The number of hydrogen-bond donors (Lipinski definition) is 1. The maximum absolute atomic E-state index is 4.38. The predicted octanol–water partition coefficient (Wildman–Crippen LogP) is 0.925. The summed E-state index contributed by atoms with van der Waals surface area (Å²) >= 11 is 0. The molecule has 1 saturated heterocycles. The summed E-state index contributed by atoms with van der Waals surface area (Å²) in [4.78, 5) is 2.33. The first kappa shape index (κ1) is 13.7. The minimum absolute atomic E-state index is 0.693. The quantitative estimate of drug-likeness (QED) is 0.890. The van der Waals surface area contributed by atoms with Crippen LogP contribution in [0.1, 0.15) is 23.4 Å². The van der Waals surface area contributed by atoms with Crippen LogP contribution in [0.2, 0.25) is 0 Å². The zero-order chi connectivity index (χ0) is 14.9. The molecule has 6 nitrogen and oxygen atoms in total. The van der Waals surface area contributed by atoms with E-state index in [1.807, 2.05) is 17.9 Å². The van der Waals surface area contributed by atoms with Crippen LogP contribution in [0.25, 0.3) is 0 Å². The largest absolute Gasteiger partial charge is 0.354 e. The fourth-order valence-corrected chi connectivity index (χ4v) is 3.32. The lowest BCUT2D eigenvalue weighted by Gasteiger charge is -2.40. The number of anilines is 1. The van der Waals surface area contributed by atoms with Crippen LogP contribution in [0.3, 0.4) is 0 Å². The summed E-state index contributed by atoms with van der Waals surface area (Å²) in [6.45, 7) is 4.02. The van der Waals surface area contributed by atoms with Gasteiger partial charge in [-0.3, -0.25) is 4.68 Å². The Bertz CT molecular complexity index is 658. The first-order valence-electron chi connectivity index (χ1n) is 8.07. The van der Waals surface area contributed by atoms with Crippen molar-refractivity contribution in [1.29, 1.82) is 0 Å². The molecule has 0 bridgehead atoms. The van der Waals surface area contributed by atoms with E-state index in [0.717, 1.165) is 44.1 Å². The highest BCUT2D eigenvalue weighted by atomic mass is 15.3. The van der Waals surface area contributed by atoms with E-state index >= 15 is 0 Å². The van der Waals surface area contributed by atoms with Crippen molar-refractivity contribution in [2.24, 2.45) is 13.0 Å². The van der Waals surface area contributed by atoms with Crippen molar-refractivity contribution in [1.82, 2.24) is 25.3 Å². The Balaban J connectivity index is 1.24. The SMILES string of the molecule is Cn1ccc(CNCC2CN(c3cc4c(nn3)CCC4)C2)n1. The number of nitrogens with one attached hydrogen (secondary N) is 1. The fraction of sp³-hybridized carbons (Fsp3) is 0.562.